The van der Waals surface area contributed by atoms with Crippen molar-refractivity contribution in [3.05, 3.63) is 83.1 Å². The van der Waals surface area contributed by atoms with Gasteiger partial charge in [0.05, 0.1) is 10.6 Å². The first kappa shape index (κ1) is 21.7. The van der Waals surface area contributed by atoms with E-state index in [9.17, 15) is 13.2 Å². The van der Waals surface area contributed by atoms with Crippen molar-refractivity contribution in [2.24, 2.45) is 0 Å². The third kappa shape index (κ3) is 5.53. The summed E-state index contributed by atoms with van der Waals surface area (Å²) in [6, 6.07) is 18.8. The first-order valence-electron chi connectivity index (χ1n) is 8.84. The molecule has 0 aliphatic heterocycles. The molecule has 0 saturated carbocycles. The molecule has 0 spiro atoms. The van der Waals surface area contributed by atoms with Gasteiger partial charge in [-0.3, -0.25) is 14.4 Å². The predicted octanol–water partition coefficient (Wildman–Crippen LogP) is 4.10. The third-order valence-electron chi connectivity index (χ3n) is 4.07. The van der Waals surface area contributed by atoms with Gasteiger partial charge in [0.15, 0.2) is 5.11 Å². The van der Waals surface area contributed by atoms with Crippen LogP contribution < -0.4 is 14.9 Å². The zero-order chi connectivity index (χ0) is 21.6. The van der Waals surface area contributed by atoms with E-state index in [-0.39, 0.29) is 15.9 Å². The fourth-order valence-corrected chi connectivity index (χ4v) is 4.54. The standard InChI is InChI=1S/C21H19N3O3S3/c1-24(17-6-3-2-4-7-17)30(26,27)19-12-9-16(10-13-19)22-21(28)23-20(25)14-11-18-8-5-15-29-18/h2-15H,1H3,(H2,22,23,25,28)/b14-11+. The number of hydrogen-bond donors (Lipinski definition) is 2. The maximum Gasteiger partial charge on any atom is 0.264 e. The first-order chi connectivity index (χ1) is 14.4. The lowest BCUT2D eigenvalue weighted by Gasteiger charge is -2.19. The Kier molecular flexibility index (Phi) is 6.99. The molecular weight excluding hydrogens is 438 g/mol. The van der Waals surface area contributed by atoms with Crippen molar-refractivity contribution in [2.45, 2.75) is 4.90 Å². The normalized spacial score (nSPS) is 11.2. The highest BCUT2D eigenvalue weighted by molar-refractivity contribution is 7.92. The topological polar surface area (TPSA) is 78.5 Å². The van der Waals surface area contributed by atoms with Crippen LogP contribution >= 0.6 is 23.6 Å². The number of anilines is 2. The molecule has 1 heterocycles. The van der Waals surface area contributed by atoms with Crippen LogP contribution in [0.3, 0.4) is 0 Å². The summed E-state index contributed by atoms with van der Waals surface area (Å²) in [5.41, 5.74) is 1.13. The van der Waals surface area contributed by atoms with Crippen molar-refractivity contribution in [3.63, 3.8) is 0 Å². The number of nitrogens with zero attached hydrogens (tertiary/aromatic N) is 1. The van der Waals surface area contributed by atoms with E-state index in [0.29, 0.717) is 11.4 Å². The van der Waals surface area contributed by atoms with Gasteiger partial charge in [0, 0.05) is 23.7 Å². The second-order valence-electron chi connectivity index (χ2n) is 6.12. The second kappa shape index (κ2) is 9.66. The van der Waals surface area contributed by atoms with Gasteiger partial charge >= 0.3 is 0 Å². The average Bonchev–Trinajstić information content (AvgIpc) is 3.26. The van der Waals surface area contributed by atoms with E-state index in [1.807, 2.05) is 23.6 Å². The third-order valence-corrected chi connectivity index (χ3v) is 6.91. The van der Waals surface area contributed by atoms with Crippen LogP contribution in [0.2, 0.25) is 0 Å². The molecule has 0 unspecified atom stereocenters. The number of amides is 1. The quantitative estimate of drug-likeness (QED) is 0.430. The minimum Gasteiger partial charge on any atom is -0.332 e. The molecule has 2 aromatic carbocycles. The fourth-order valence-electron chi connectivity index (χ4n) is 2.50. The maximum atomic E-state index is 12.8. The van der Waals surface area contributed by atoms with E-state index in [0.717, 1.165) is 4.88 Å². The van der Waals surface area contributed by atoms with Crippen molar-refractivity contribution in [1.82, 2.24) is 5.32 Å². The molecule has 2 N–H and O–H groups in total. The van der Waals surface area contributed by atoms with Crippen molar-refractivity contribution in [2.75, 3.05) is 16.7 Å². The van der Waals surface area contributed by atoms with Crippen LogP contribution in [-0.4, -0.2) is 26.5 Å². The van der Waals surface area contributed by atoms with Crippen LogP contribution in [-0.2, 0) is 14.8 Å². The van der Waals surface area contributed by atoms with E-state index in [4.69, 9.17) is 12.2 Å². The molecule has 6 nitrogen and oxygen atoms in total. The molecule has 1 amide bonds. The number of hydrogen-bond acceptors (Lipinski definition) is 5. The summed E-state index contributed by atoms with van der Waals surface area (Å²) in [4.78, 5) is 13.0. The number of para-hydroxylation sites is 1. The zero-order valence-electron chi connectivity index (χ0n) is 16.0. The molecular formula is C21H19N3O3S3. The molecule has 3 aromatic rings. The Bertz CT molecular complexity index is 1140. The summed E-state index contributed by atoms with van der Waals surface area (Å²) >= 11 is 6.66. The molecule has 0 atom stereocenters. The van der Waals surface area contributed by atoms with Gasteiger partial charge in [-0.2, -0.15) is 0 Å². The lowest BCUT2D eigenvalue weighted by atomic mass is 10.3. The highest BCUT2D eigenvalue weighted by Crippen LogP contribution is 2.22. The summed E-state index contributed by atoms with van der Waals surface area (Å²) in [7, 11) is -2.19. The highest BCUT2D eigenvalue weighted by atomic mass is 32.2. The monoisotopic (exact) mass is 457 g/mol. The van der Waals surface area contributed by atoms with Gasteiger partial charge in [0.1, 0.15) is 0 Å². The van der Waals surface area contributed by atoms with Gasteiger partial charge < -0.3 is 5.32 Å². The molecule has 0 aliphatic rings. The molecule has 154 valence electrons. The summed E-state index contributed by atoms with van der Waals surface area (Å²) in [5, 5.41) is 7.45. The lowest BCUT2D eigenvalue weighted by Crippen LogP contribution is -2.32. The van der Waals surface area contributed by atoms with Crippen LogP contribution in [0, 0.1) is 0 Å². The van der Waals surface area contributed by atoms with Crippen molar-refractivity contribution in [1.29, 1.82) is 0 Å². The summed E-state index contributed by atoms with van der Waals surface area (Å²) < 4.78 is 26.8. The van der Waals surface area contributed by atoms with E-state index < -0.39 is 10.0 Å². The molecule has 0 saturated heterocycles. The minimum atomic E-state index is -3.69. The second-order valence-corrected chi connectivity index (χ2v) is 9.48. The molecule has 0 fully saturated rings. The van der Waals surface area contributed by atoms with Gasteiger partial charge in [0.25, 0.3) is 10.0 Å². The molecule has 9 heteroatoms. The summed E-state index contributed by atoms with van der Waals surface area (Å²) in [6.07, 6.45) is 3.10. The number of carbonyl (C=O) groups is 1. The highest BCUT2D eigenvalue weighted by Gasteiger charge is 2.21. The minimum absolute atomic E-state index is 0.118. The summed E-state index contributed by atoms with van der Waals surface area (Å²) in [5.74, 6) is -0.357. The average molecular weight is 458 g/mol. The number of carbonyl (C=O) groups excluding carboxylic acids is 1. The Morgan fingerprint density at radius 3 is 2.37 bits per heavy atom. The maximum absolute atomic E-state index is 12.8. The Morgan fingerprint density at radius 1 is 1.03 bits per heavy atom. The Labute approximate surface area is 184 Å². The number of benzene rings is 2. The number of nitrogens with one attached hydrogen (secondary N) is 2. The Balaban J connectivity index is 1.61. The number of thiocarbonyl (C=S) groups is 1. The Hall–Kier alpha value is -3.01. The van der Waals surface area contributed by atoms with Gasteiger partial charge in [-0.1, -0.05) is 24.3 Å². The van der Waals surface area contributed by atoms with Gasteiger partial charge in [-0.05, 0) is 66.1 Å². The molecule has 0 bridgehead atoms. The van der Waals surface area contributed by atoms with Crippen LogP contribution in [0.5, 0.6) is 0 Å². The van der Waals surface area contributed by atoms with Crippen molar-refractivity contribution >= 4 is 62.0 Å². The summed E-state index contributed by atoms with van der Waals surface area (Å²) in [6.45, 7) is 0. The number of sulfonamides is 1. The van der Waals surface area contributed by atoms with Gasteiger partial charge in [-0.25, -0.2) is 8.42 Å². The van der Waals surface area contributed by atoms with Crippen LogP contribution in [0.15, 0.2) is 83.1 Å². The van der Waals surface area contributed by atoms with Crippen LogP contribution in [0.1, 0.15) is 4.88 Å². The number of thiophene rings is 1. The van der Waals surface area contributed by atoms with Crippen LogP contribution in [0.4, 0.5) is 11.4 Å². The van der Waals surface area contributed by atoms with Crippen molar-refractivity contribution in [3.8, 4) is 0 Å². The molecule has 0 aliphatic carbocycles. The van der Waals surface area contributed by atoms with E-state index in [1.165, 1.54) is 40.9 Å². The predicted molar refractivity (Wildman–Crippen MR) is 126 cm³/mol. The van der Waals surface area contributed by atoms with Gasteiger partial charge in [0.2, 0.25) is 5.91 Å². The van der Waals surface area contributed by atoms with E-state index >= 15 is 0 Å². The molecule has 30 heavy (non-hydrogen) atoms. The van der Waals surface area contributed by atoms with Crippen molar-refractivity contribution < 1.29 is 13.2 Å². The van der Waals surface area contributed by atoms with Crippen LogP contribution in [0.25, 0.3) is 6.08 Å². The molecule has 3 rings (SSSR count). The smallest absolute Gasteiger partial charge is 0.264 e. The molecule has 1 aromatic heterocycles. The SMILES string of the molecule is CN(c1ccccc1)S(=O)(=O)c1ccc(NC(=S)NC(=O)/C=C/c2cccs2)cc1. The fraction of sp³-hybridized carbons (Fsp3) is 0.0476. The Morgan fingerprint density at radius 2 is 1.73 bits per heavy atom. The largest absolute Gasteiger partial charge is 0.332 e. The van der Waals surface area contributed by atoms with E-state index in [1.54, 1.807) is 42.5 Å². The van der Waals surface area contributed by atoms with E-state index in [2.05, 4.69) is 10.6 Å². The molecule has 0 radical (unpaired) electrons. The lowest BCUT2D eigenvalue weighted by molar-refractivity contribution is -0.115. The number of rotatable bonds is 6. The first-order valence-corrected chi connectivity index (χ1v) is 11.6. The van der Waals surface area contributed by atoms with Gasteiger partial charge in [-0.15, -0.1) is 11.3 Å². The zero-order valence-corrected chi connectivity index (χ0v) is 18.4.